The summed E-state index contributed by atoms with van der Waals surface area (Å²) >= 11 is 0. The fourth-order valence-electron chi connectivity index (χ4n) is 4.79. The van der Waals surface area contributed by atoms with E-state index in [-0.39, 0.29) is 12.3 Å². The van der Waals surface area contributed by atoms with Crippen LogP contribution >= 0.6 is 0 Å². The zero-order valence-electron chi connectivity index (χ0n) is 22.0. The maximum atomic E-state index is 6.53. The molecule has 0 amide bonds. The van der Waals surface area contributed by atoms with Gasteiger partial charge in [-0.1, -0.05) is 44.9 Å². The average Bonchev–Trinajstić information content (AvgIpc) is 3.39. The van der Waals surface area contributed by atoms with Gasteiger partial charge < -0.3 is 18.9 Å². The Morgan fingerprint density at radius 2 is 1.65 bits per heavy atom. The molecule has 2 heterocycles. The molecule has 0 saturated heterocycles. The van der Waals surface area contributed by atoms with Gasteiger partial charge >= 0.3 is 0 Å². The number of fused-ring (bicyclic) bond motifs is 3. The standard InChI is InChI=1S/C31H36N2O4/c1-4-6-18-35-24-15-12-22(13-16-24)26-21-27-25-10-8-9-11-28(25)37-31(33(27)32-26)23-14-17-29(30(20-23)34-3)36-19-7-5-2/h8-17,20,27,31H,4-7,18-19,21H2,1-3H3/t27-,31-/m1/s1. The van der Waals surface area contributed by atoms with Crippen molar-refractivity contribution >= 4 is 5.71 Å². The second-order valence-corrected chi connectivity index (χ2v) is 9.49. The van der Waals surface area contributed by atoms with Crippen molar-refractivity contribution in [2.24, 2.45) is 5.10 Å². The van der Waals surface area contributed by atoms with Gasteiger partial charge in [0.2, 0.25) is 6.23 Å². The summed E-state index contributed by atoms with van der Waals surface area (Å²) < 4.78 is 24.0. The molecule has 3 aromatic rings. The van der Waals surface area contributed by atoms with Crippen LogP contribution < -0.4 is 18.9 Å². The molecule has 6 heteroatoms. The highest BCUT2D eigenvalue weighted by molar-refractivity contribution is 6.02. The zero-order chi connectivity index (χ0) is 25.6. The monoisotopic (exact) mass is 500 g/mol. The summed E-state index contributed by atoms with van der Waals surface area (Å²) in [6.45, 7) is 5.73. The van der Waals surface area contributed by atoms with E-state index in [1.54, 1.807) is 7.11 Å². The SMILES string of the molecule is CCCCOc1ccc(C2=NN3[C@H](C2)c2ccccc2O[C@@H]3c2ccc(OCCCC)c(OC)c2)cc1. The molecular formula is C31H36N2O4. The molecule has 0 saturated carbocycles. The maximum absolute atomic E-state index is 6.53. The van der Waals surface area contributed by atoms with Gasteiger partial charge in [-0.3, -0.25) is 0 Å². The number of unbranched alkanes of at least 4 members (excludes halogenated alkanes) is 2. The highest BCUT2D eigenvalue weighted by atomic mass is 16.5. The minimum Gasteiger partial charge on any atom is -0.494 e. The van der Waals surface area contributed by atoms with Gasteiger partial charge in [0.15, 0.2) is 11.5 Å². The van der Waals surface area contributed by atoms with Crippen molar-refractivity contribution in [1.82, 2.24) is 5.01 Å². The van der Waals surface area contributed by atoms with Crippen LogP contribution in [0.15, 0.2) is 71.8 Å². The smallest absolute Gasteiger partial charge is 0.214 e. The van der Waals surface area contributed by atoms with E-state index >= 15 is 0 Å². The van der Waals surface area contributed by atoms with Crippen molar-refractivity contribution < 1.29 is 18.9 Å². The van der Waals surface area contributed by atoms with Crippen LogP contribution in [0.2, 0.25) is 0 Å². The zero-order valence-corrected chi connectivity index (χ0v) is 22.0. The lowest BCUT2D eigenvalue weighted by Crippen LogP contribution is -2.33. The Morgan fingerprint density at radius 1 is 0.892 bits per heavy atom. The summed E-state index contributed by atoms with van der Waals surface area (Å²) in [6.07, 6.45) is 4.71. The molecule has 0 radical (unpaired) electrons. The van der Waals surface area contributed by atoms with Crippen LogP contribution in [0.4, 0.5) is 0 Å². The predicted octanol–water partition coefficient (Wildman–Crippen LogP) is 7.30. The van der Waals surface area contributed by atoms with Gasteiger partial charge in [0.1, 0.15) is 11.5 Å². The normalized spacial score (nSPS) is 17.9. The Hall–Kier alpha value is -3.67. The van der Waals surface area contributed by atoms with E-state index in [2.05, 4.69) is 49.2 Å². The highest BCUT2D eigenvalue weighted by Gasteiger charge is 2.41. The lowest BCUT2D eigenvalue weighted by molar-refractivity contribution is -0.0191. The minimum atomic E-state index is -0.368. The summed E-state index contributed by atoms with van der Waals surface area (Å²) in [5.74, 6) is 3.24. The summed E-state index contributed by atoms with van der Waals surface area (Å²) in [4.78, 5) is 0. The molecule has 2 aliphatic heterocycles. The molecule has 0 N–H and O–H groups in total. The van der Waals surface area contributed by atoms with E-state index < -0.39 is 0 Å². The Bertz CT molecular complexity index is 1220. The molecule has 3 aromatic carbocycles. The topological polar surface area (TPSA) is 52.5 Å². The summed E-state index contributed by atoms with van der Waals surface area (Å²) in [5, 5.41) is 7.19. The number of hydrazone groups is 1. The molecule has 0 unspecified atom stereocenters. The van der Waals surface area contributed by atoms with E-state index in [1.807, 2.05) is 36.4 Å². The molecule has 0 fully saturated rings. The molecule has 0 aromatic heterocycles. The second-order valence-electron chi connectivity index (χ2n) is 9.49. The number of ether oxygens (including phenoxy) is 4. The molecule has 2 aliphatic rings. The number of para-hydroxylation sites is 1. The molecule has 0 spiro atoms. The lowest BCUT2D eigenvalue weighted by Gasteiger charge is -2.38. The van der Waals surface area contributed by atoms with Gasteiger partial charge in [-0.05, 0) is 66.9 Å². The lowest BCUT2D eigenvalue weighted by atomic mass is 9.96. The first kappa shape index (κ1) is 25.0. The van der Waals surface area contributed by atoms with E-state index in [1.165, 1.54) is 0 Å². The number of hydrogen-bond donors (Lipinski definition) is 0. The highest BCUT2D eigenvalue weighted by Crippen LogP contribution is 2.48. The van der Waals surface area contributed by atoms with E-state index in [4.69, 9.17) is 24.0 Å². The summed E-state index contributed by atoms with van der Waals surface area (Å²) in [5.41, 5.74) is 4.28. The van der Waals surface area contributed by atoms with Crippen molar-refractivity contribution in [3.05, 3.63) is 83.4 Å². The molecule has 6 nitrogen and oxygen atoms in total. The Morgan fingerprint density at radius 3 is 2.41 bits per heavy atom. The van der Waals surface area contributed by atoms with Crippen LogP contribution in [0.5, 0.6) is 23.0 Å². The van der Waals surface area contributed by atoms with Gasteiger partial charge in [-0.25, -0.2) is 5.01 Å². The van der Waals surface area contributed by atoms with Gasteiger partial charge in [0.25, 0.3) is 0 Å². The quantitative estimate of drug-likeness (QED) is 0.259. The first-order chi connectivity index (χ1) is 18.2. The first-order valence-electron chi connectivity index (χ1n) is 13.4. The number of rotatable bonds is 11. The molecular weight excluding hydrogens is 464 g/mol. The maximum Gasteiger partial charge on any atom is 0.214 e. The number of hydrogen-bond acceptors (Lipinski definition) is 6. The van der Waals surface area contributed by atoms with Crippen LogP contribution in [0, 0.1) is 0 Å². The van der Waals surface area contributed by atoms with Crippen molar-refractivity contribution in [2.45, 2.75) is 58.2 Å². The number of nitrogens with zero attached hydrogens (tertiary/aromatic N) is 2. The molecule has 0 aliphatic carbocycles. The largest absolute Gasteiger partial charge is 0.494 e. The average molecular weight is 501 g/mol. The predicted molar refractivity (Wildman–Crippen MR) is 146 cm³/mol. The second kappa shape index (κ2) is 11.6. The third kappa shape index (κ3) is 5.38. The van der Waals surface area contributed by atoms with Crippen LogP contribution in [0.3, 0.4) is 0 Å². The van der Waals surface area contributed by atoms with Crippen molar-refractivity contribution in [2.75, 3.05) is 20.3 Å². The fourth-order valence-corrected chi connectivity index (χ4v) is 4.79. The molecule has 5 rings (SSSR count). The van der Waals surface area contributed by atoms with Crippen molar-refractivity contribution in [1.29, 1.82) is 0 Å². The number of methoxy groups -OCH3 is 1. The van der Waals surface area contributed by atoms with Gasteiger partial charge in [0, 0.05) is 17.5 Å². The van der Waals surface area contributed by atoms with E-state index in [9.17, 15) is 0 Å². The third-order valence-electron chi connectivity index (χ3n) is 6.88. The fraction of sp³-hybridized carbons (Fsp3) is 0.387. The van der Waals surface area contributed by atoms with Crippen LogP contribution in [-0.4, -0.2) is 31.0 Å². The summed E-state index contributed by atoms with van der Waals surface area (Å²) in [7, 11) is 1.67. The Kier molecular flexibility index (Phi) is 7.83. The van der Waals surface area contributed by atoms with E-state index in [0.29, 0.717) is 12.4 Å². The third-order valence-corrected chi connectivity index (χ3v) is 6.88. The van der Waals surface area contributed by atoms with Crippen molar-refractivity contribution in [3.8, 4) is 23.0 Å². The molecule has 0 bridgehead atoms. The number of benzene rings is 3. The first-order valence-corrected chi connectivity index (χ1v) is 13.4. The molecule has 194 valence electrons. The van der Waals surface area contributed by atoms with Crippen LogP contribution in [-0.2, 0) is 0 Å². The molecule has 2 atom stereocenters. The van der Waals surface area contributed by atoms with Crippen LogP contribution in [0.25, 0.3) is 0 Å². The van der Waals surface area contributed by atoms with Crippen LogP contribution in [0.1, 0.15) is 74.9 Å². The Balaban J connectivity index is 1.43. The minimum absolute atomic E-state index is 0.0944. The Labute approximate surface area is 219 Å². The summed E-state index contributed by atoms with van der Waals surface area (Å²) in [6, 6.07) is 22.7. The van der Waals surface area contributed by atoms with Gasteiger partial charge in [-0.2, -0.15) is 5.10 Å². The van der Waals surface area contributed by atoms with E-state index in [0.717, 1.165) is 78.4 Å². The van der Waals surface area contributed by atoms with Gasteiger partial charge in [0.05, 0.1) is 32.1 Å². The van der Waals surface area contributed by atoms with Gasteiger partial charge in [-0.15, -0.1) is 0 Å². The van der Waals surface area contributed by atoms with Crippen molar-refractivity contribution in [3.63, 3.8) is 0 Å². The molecule has 37 heavy (non-hydrogen) atoms.